The third kappa shape index (κ3) is 2.36. The fraction of sp³-hybridized carbons (Fsp3) is 0.533. The molecule has 2 aromatic rings. The Labute approximate surface area is 138 Å². The van der Waals surface area contributed by atoms with Crippen LogP contribution in [0.1, 0.15) is 32.1 Å². The molecular weight excluding hydrogens is 310 g/mol. The summed E-state index contributed by atoms with van der Waals surface area (Å²) in [6.45, 7) is 0.992. The Balaban J connectivity index is 1.34. The minimum absolute atomic E-state index is 0.0667. The first-order valence-corrected chi connectivity index (χ1v) is 8.22. The highest BCUT2D eigenvalue weighted by Gasteiger charge is 2.51. The van der Waals surface area contributed by atoms with Gasteiger partial charge in [0.25, 0.3) is 5.91 Å². The van der Waals surface area contributed by atoms with Gasteiger partial charge in [0.05, 0.1) is 6.33 Å². The number of amides is 3. The second kappa shape index (κ2) is 5.73. The summed E-state index contributed by atoms with van der Waals surface area (Å²) in [5.74, 6) is 0.602. The molecule has 0 atom stereocenters. The highest BCUT2D eigenvalue weighted by atomic mass is 16.2. The van der Waals surface area contributed by atoms with Crippen molar-refractivity contribution in [1.82, 2.24) is 30.2 Å². The summed E-state index contributed by atoms with van der Waals surface area (Å²) < 4.78 is 0. The van der Waals surface area contributed by atoms with E-state index in [1.807, 2.05) is 0 Å². The topological polar surface area (TPSA) is 116 Å². The standard InChI is InChI=1S/C15H19N7O2/c23-13-15(4-1-2-5-15)21-14(24)22(13)7-3-6-16-11-10-12(18-8-17-10)20-9-19-11/h8-9H,1-7H2,(H,21,24)(H2,16,17,18,19,20). The number of nitrogens with one attached hydrogen (secondary N) is 3. The second-order valence-corrected chi connectivity index (χ2v) is 6.28. The number of hydrogen-bond donors (Lipinski definition) is 3. The van der Waals surface area contributed by atoms with Crippen LogP contribution in [0.2, 0.25) is 0 Å². The van der Waals surface area contributed by atoms with E-state index < -0.39 is 5.54 Å². The molecule has 1 saturated heterocycles. The molecule has 1 saturated carbocycles. The number of carbonyl (C=O) groups is 2. The number of hydrogen-bond acceptors (Lipinski definition) is 6. The van der Waals surface area contributed by atoms with Gasteiger partial charge < -0.3 is 15.6 Å². The number of H-pyrrole nitrogens is 1. The van der Waals surface area contributed by atoms with Gasteiger partial charge in [0, 0.05) is 13.1 Å². The second-order valence-electron chi connectivity index (χ2n) is 6.28. The van der Waals surface area contributed by atoms with E-state index in [1.54, 1.807) is 6.33 Å². The first-order chi connectivity index (χ1) is 11.7. The Morgan fingerprint density at radius 3 is 2.88 bits per heavy atom. The van der Waals surface area contributed by atoms with Crippen LogP contribution in [0.5, 0.6) is 0 Å². The summed E-state index contributed by atoms with van der Waals surface area (Å²) in [6, 6.07) is -0.264. The minimum atomic E-state index is -0.626. The van der Waals surface area contributed by atoms with Gasteiger partial charge in [0.2, 0.25) is 0 Å². The highest BCUT2D eigenvalue weighted by molar-refractivity contribution is 6.07. The number of imide groups is 1. The van der Waals surface area contributed by atoms with Crippen molar-refractivity contribution in [3.63, 3.8) is 0 Å². The lowest BCUT2D eigenvalue weighted by atomic mass is 9.98. The average molecular weight is 329 g/mol. The lowest BCUT2D eigenvalue weighted by Crippen LogP contribution is -2.44. The van der Waals surface area contributed by atoms with Gasteiger partial charge in [-0.25, -0.2) is 19.7 Å². The van der Waals surface area contributed by atoms with Crippen LogP contribution in [0, 0.1) is 0 Å². The molecule has 1 aliphatic heterocycles. The van der Waals surface area contributed by atoms with Crippen LogP contribution < -0.4 is 10.6 Å². The van der Waals surface area contributed by atoms with Crippen molar-refractivity contribution in [1.29, 1.82) is 0 Å². The zero-order valence-corrected chi connectivity index (χ0v) is 13.2. The highest BCUT2D eigenvalue weighted by Crippen LogP contribution is 2.35. The van der Waals surface area contributed by atoms with Crippen molar-refractivity contribution in [3.05, 3.63) is 12.7 Å². The zero-order chi connectivity index (χ0) is 16.6. The number of aromatic nitrogens is 4. The van der Waals surface area contributed by atoms with Gasteiger partial charge in [0.15, 0.2) is 11.5 Å². The van der Waals surface area contributed by atoms with Gasteiger partial charge in [-0.2, -0.15) is 0 Å². The predicted molar refractivity (Wildman–Crippen MR) is 86.2 cm³/mol. The van der Waals surface area contributed by atoms with E-state index in [4.69, 9.17) is 0 Å². The van der Waals surface area contributed by atoms with Crippen LogP contribution in [0.25, 0.3) is 11.2 Å². The van der Waals surface area contributed by atoms with Crippen molar-refractivity contribution in [2.24, 2.45) is 0 Å². The summed E-state index contributed by atoms with van der Waals surface area (Å²) in [4.78, 5) is 41.3. The molecule has 9 heteroatoms. The maximum absolute atomic E-state index is 12.5. The third-order valence-corrected chi connectivity index (χ3v) is 4.78. The maximum atomic E-state index is 12.5. The number of anilines is 1. The van der Waals surface area contributed by atoms with E-state index >= 15 is 0 Å². The van der Waals surface area contributed by atoms with Gasteiger partial charge in [0.1, 0.15) is 17.4 Å². The van der Waals surface area contributed by atoms with Gasteiger partial charge in [-0.05, 0) is 19.3 Å². The molecule has 9 nitrogen and oxygen atoms in total. The molecule has 4 rings (SSSR count). The van der Waals surface area contributed by atoms with Crippen LogP contribution in [0.4, 0.5) is 10.6 Å². The molecule has 3 amide bonds. The number of urea groups is 1. The quantitative estimate of drug-likeness (QED) is 0.557. The monoisotopic (exact) mass is 329 g/mol. The summed E-state index contributed by atoms with van der Waals surface area (Å²) in [6.07, 6.45) is 7.17. The Morgan fingerprint density at radius 1 is 1.21 bits per heavy atom. The van der Waals surface area contributed by atoms with E-state index in [0.29, 0.717) is 31.0 Å². The van der Waals surface area contributed by atoms with Crippen LogP contribution >= 0.6 is 0 Å². The fourth-order valence-corrected chi connectivity index (χ4v) is 3.54. The molecule has 126 valence electrons. The molecule has 1 aliphatic carbocycles. The van der Waals surface area contributed by atoms with E-state index in [2.05, 4.69) is 30.6 Å². The maximum Gasteiger partial charge on any atom is 0.325 e. The average Bonchev–Trinajstić information content (AvgIpc) is 3.28. The number of aromatic amines is 1. The van der Waals surface area contributed by atoms with Crippen molar-refractivity contribution < 1.29 is 9.59 Å². The first-order valence-electron chi connectivity index (χ1n) is 8.22. The van der Waals surface area contributed by atoms with Crippen LogP contribution in [0.15, 0.2) is 12.7 Å². The van der Waals surface area contributed by atoms with Crippen molar-refractivity contribution in [3.8, 4) is 0 Å². The van der Waals surface area contributed by atoms with E-state index in [0.717, 1.165) is 31.2 Å². The molecule has 3 N–H and O–H groups in total. The SMILES string of the molecule is O=C1NC2(CCCC2)C(=O)N1CCCNc1ncnc2nc[nH]c12. The smallest absolute Gasteiger partial charge is 0.325 e. The van der Waals surface area contributed by atoms with Crippen molar-refractivity contribution in [2.45, 2.75) is 37.6 Å². The number of carbonyl (C=O) groups excluding carboxylic acids is 2. The summed E-state index contributed by atoms with van der Waals surface area (Å²) in [5.41, 5.74) is 0.723. The van der Waals surface area contributed by atoms with Gasteiger partial charge in [-0.3, -0.25) is 9.69 Å². The summed E-state index contributed by atoms with van der Waals surface area (Å²) >= 11 is 0. The van der Waals surface area contributed by atoms with Crippen molar-refractivity contribution >= 4 is 28.9 Å². The van der Waals surface area contributed by atoms with E-state index in [-0.39, 0.29) is 11.9 Å². The third-order valence-electron chi connectivity index (χ3n) is 4.78. The summed E-state index contributed by atoms with van der Waals surface area (Å²) in [7, 11) is 0. The van der Waals surface area contributed by atoms with Gasteiger partial charge in [-0.1, -0.05) is 12.8 Å². The number of rotatable bonds is 5. The summed E-state index contributed by atoms with van der Waals surface area (Å²) in [5, 5.41) is 6.09. The van der Waals surface area contributed by atoms with Crippen molar-refractivity contribution in [2.75, 3.05) is 18.4 Å². The van der Waals surface area contributed by atoms with E-state index in [9.17, 15) is 9.59 Å². The zero-order valence-electron chi connectivity index (χ0n) is 13.2. The molecule has 1 spiro atoms. The molecule has 3 heterocycles. The largest absolute Gasteiger partial charge is 0.368 e. The van der Waals surface area contributed by atoms with Crippen LogP contribution in [-0.2, 0) is 4.79 Å². The molecule has 0 unspecified atom stereocenters. The Bertz CT molecular complexity index is 781. The molecule has 0 aromatic carbocycles. The predicted octanol–water partition coefficient (Wildman–Crippen LogP) is 1.02. The molecule has 2 fully saturated rings. The van der Waals surface area contributed by atoms with E-state index in [1.165, 1.54) is 11.2 Å². The molecule has 2 aromatic heterocycles. The van der Waals surface area contributed by atoms with Gasteiger partial charge in [-0.15, -0.1) is 0 Å². The molecular formula is C15H19N7O2. The first kappa shape index (κ1) is 14.9. The lowest BCUT2D eigenvalue weighted by molar-refractivity contribution is -0.131. The molecule has 24 heavy (non-hydrogen) atoms. The Hall–Kier alpha value is -2.71. The Morgan fingerprint density at radius 2 is 2.04 bits per heavy atom. The normalized spacial score (nSPS) is 19.4. The van der Waals surface area contributed by atoms with Gasteiger partial charge >= 0.3 is 6.03 Å². The lowest BCUT2D eigenvalue weighted by Gasteiger charge is -2.20. The number of imidazole rings is 1. The fourth-order valence-electron chi connectivity index (χ4n) is 3.54. The molecule has 0 radical (unpaired) electrons. The number of nitrogens with zero attached hydrogens (tertiary/aromatic N) is 4. The van der Waals surface area contributed by atoms with Crippen LogP contribution in [-0.4, -0.2) is 55.4 Å². The minimum Gasteiger partial charge on any atom is -0.368 e. The molecule has 2 aliphatic rings. The Kier molecular flexibility index (Phi) is 3.55. The molecule has 0 bridgehead atoms. The van der Waals surface area contributed by atoms with Crippen LogP contribution in [0.3, 0.4) is 0 Å². The number of fused-ring (bicyclic) bond motifs is 1.